The lowest BCUT2D eigenvalue weighted by Crippen LogP contribution is -2.36. The molecule has 0 unspecified atom stereocenters. The lowest BCUT2D eigenvalue weighted by molar-refractivity contribution is 0.0792. The van der Waals surface area contributed by atoms with Crippen LogP contribution in [-0.2, 0) is 32.5 Å². The number of nitrogens with zero attached hydrogens (tertiary/aromatic N) is 3. The van der Waals surface area contributed by atoms with E-state index < -0.39 is 10.0 Å². The van der Waals surface area contributed by atoms with Crippen molar-refractivity contribution in [1.29, 1.82) is 0 Å². The summed E-state index contributed by atoms with van der Waals surface area (Å²) in [7, 11) is -0.766. The Morgan fingerprint density at radius 1 is 1.02 bits per heavy atom. The molecule has 1 aromatic carbocycles. The Hall–Kier alpha value is -2.35. The zero-order valence-electron chi connectivity index (χ0n) is 23.8. The maximum absolute atomic E-state index is 13.6. The van der Waals surface area contributed by atoms with Crippen LogP contribution in [0.2, 0.25) is 0 Å². The van der Waals surface area contributed by atoms with Gasteiger partial charge >= 0.3 is 0 Å². The van der Waals surface area contributed by atoms with Crippen molar-refractivity contribution in [3.8, 4) is 0 Å². The molecule has 220 valence electrons. The van der Waals surface area contributed by atoms with Gasteiger partial charge < -0.3 is 19.7 Å². The molecule has 0 aliphatic carbocycles. The Balaban J connectivity index is 1.57. The van der Waals surface area contributed by atoms with Crippen LogP contribution in [0.15, 0.2) is 29.2 Å². The number of hydrogen-bond acceptors (Lipinski definition) is 8. The Morgan fingerprint density at radius 2 is 1.65 bits per heavy atom. The van der Waals surface area contributed by atoms with Gasteiger partial charge in [-0.15, -0.1) is 11.3 Å². The number of ether oxygens (including phenoxy) is 2. The van der Waals surface area contributed by atoms with Crippen molar-refractivity contribution in [2.75, 3.05) is 65.5 Å². The molecule has 1 saturated heterocycles. The average molecular weight is 593 g/mol. The van der Waals surface area contributed by atoms with E-state index in [1.54, 1.807) is 0 Å². The quantitative estimate of drug-likeness (QED) is 0.403. The van der Waals surface area contributed by atoms with E-state index >= 15 is 0 Å². The highest BCUT2D eigenvalue weighted by atomic mass is 32.2. The lowest BCUT2D eigenvalue weighted by Gasteiger charge is -2.30. The van der Waals surface area contributed by atoms with E-state index in [1.807, 2.05) is 4.90 Å². The molecular weight excluding hydrogens is 552 g/mol. The molecule has 0 spiro atoms. The van der Waals surface area contributed by atoms with E-state index in [9.17, 15) is 18.0 Å². The standard InChI is InChI=1S/C28H40N4O6S2/c1-20(2)31-14-11-23-24(19-31)39-27(25(23)28(34)30-12-5-6-13-30)29-26(33)21-7-9-22(10-8-21)40(35,36)32(15-17-37-3)16-18-38-4/h7-10,20H,5-6,11-19H2,1-4H3,(H,29,33). The molecule has 1 fully saturated rings. The number of benzene rings is 1. The third kappa shape index (κ3) is 6.75. The van der Waals surface area contributed by atoms with Gasteiger partial charge in [0.1, 0.15) is 5.00 Å². The summed E-state index contributed by atoms with van der Waals surface area (Å²) < 4.78 is 37.9. The highest BCUT2D eigenvalue weighted by Crippen LogP contribution is 2.39. The van der Waals surface area contributed by atoms with Crippen molar-refractivity contribution in [3.05, 3.63) is 45.8 Å². The van der Waals surface area contributed by atoms with Gasteiger partial charge in [0, 0.05) is 70.0 Å². The smallest absolute Gasteiger partial charge is 0.257 e. The molecule has 2 aliphatic heterocycles. The van der Waals surface area contributed by atoms with E-state index in [2.05, 4.69) is 24.1 Å². The summed E-state index contributed by atoms with van der Waals surface area (Å²) >= 11 is 1.47. The number of carbonyl (C=O) groups excluding carboxylic acids is 2. The van der Waals surface area contributed by atoms with Crippen LogP contribution in [0.25, 0.3) is 0 Å². The van der Waals surface area contributed by atoms with E-state index in [0.717, 1.165) is 55.9 Å². The first kappa shape index (κ1) is 30.6. The molecule has 0 saturated carbocycles. The summed E-state index contributed by atoms with van der Waals surface area (Å²) in [4.78, 5) is 32.4. The summed E-state index contributed by atoms with van der Waals surface area (Å²) in [6.45, 7) is 8.30. The summed E-state index contributed by atoms with van der Waals surface area (Å²) in [6, 6.07) is 6.27. The van der Waals surface area contributed by atoms with Crippen LogP contribution < -0.4 is 5.32 Å². The molecule has 2 amide bonds. The van der Waals surface area contributed by atoms with Crippen LogP contribution in [0.5, 0.6) is 0 Å². The number of carbonyl (C=O) groups is 2. The van der Waals surface area contributed by atoms with Crippen molar-refractivity contribution >= 4 is 38.2 Å². The molecule has 2 aliphatic rings. The Labute approximate surface area is 241 Å². The second-order valence-electron chi connectivity index (χ2n) is 10.4. The molecular formula is C28H40N4O6S2. The summed E-state index contributed by atoms with van der Waals surface area (Å²) in [5.74, 6) is -0.397. The van der Waals surface area contributed by atoms with Crippen molar-refractivity contribution < 1.29 is 27.5 Å². The average Bonchev–Trinajstić information content (AvgIpc) is 3.60. The molecule has 0 radical (unpaired) electrons. The van der Waals surface area contributed by atoms with E-state index in [-0.39, 0.29) is 43.0 Å². The second kappa shape index (κ2) is 13.5. The molecule has 40 heavy (non-hydrogen) atoms. The van der Waals surface area contributed by atoms with Gasteiger partial charge in [0.15, 0.2) is 0 Å². The van der Waals surface area contributed by atoms with Gasteiger partial charge in [0.25, 0.3) is 11.8 Å². The molecule has 0 atom stereocenters. The Kier molecular flexibility index (Phi) is 10.4. The van der Waals surface area contributed by atoms with Gasteiger partial charge in [-0.25, -0.2) is 8.42 Å². The number of amides is 2. The first-order chi connectivity index (χ1) is 19.2. The van der Waals surface area contributed by atoms with Crippen molar-refractivity contribution in [1.82, 2.24) is 14.1 Å². The lowest BCUT2D eigenvalue weighted by atomic mass is 10.0. The Bertz CT molecular complexity index is 1280. The maximum Gasteiger partial charge on any atom is 0.257 e. The van der Waals surface area contributed by atoms with Gasteiger partial charge in [0.05, 0.1) is 23.7 Å². The van der Waals surface area contributed by atoms with Gasteiger partial charge in [0.2, 0.25) is 10.0 Å². The fraction of sp³-hybridized carbons (Fsp3) is 0.571. The molecule has 1 N–H and O–H groups in total. The molecule has 4 rings (SSSR count). The molecule has 10 nitrogen and oxygen atoms in total. The largest absolute Gasteiger partial charge is 0.383 e. The molecule has 0 bridgehead atoms. The number of hydrogen-bond donors (Lipinski definition) is 1. The first-order valence-electron chi connectivity index (χ1n) is 13.7. The van der Waals surface area contributed by atoms with Gasteiger partial charge in [-0.2, -0.15) is 4.31 Å². The predicted molar refractivity (Wildman–Crippen MR) is 156 cm³/mol. The minimum Gasteiger partial charge on any atom is -0.383 e. The first-order valence-corrected chi connectivity index (χ1v) is 16.0. The summed E-state index contributed by atoms with van der Waals surface area (Å²) in [5.41, 5.74) is 1.97. The zero-order chi connectivity index (χ0) is 28.9. The summed E-state index contributed by atoms with van der Waals surface area (Å²) in [6.07, 6.45) is 2.75. The molecule has 2 aromatic rings. The van der Waals surface area contributed by atoms with Crippen molar-refractivity contribution in [3.63, 3.8) is 0 Å². The number of sulfonamides is 1. The van der Waals surface area contributed by atoms with Gasteiger partial charge in [-0.1, -0.05) is 0 Å². The zero-order valence-corrected chi connectivity index (χ0v) is 25.4. The van der Waals surface area contributed by atoms with E-state index in [1.165, 1.54) is 54.1 Å². The van der Waals surface area contributed by atoms with Crippen LogP contribution in [0.1, 0.15) is 57.8 Å². The number of anilines is 1. The van der Waals surface area contributed by atoms with E-state index in [0.29, 0.717) is 22.2 Å². The van der Waals surface area contributed by atoms with Crippen molar-refractivity contribution in [2.24, 2.45) is 0 Å². The van der Waals surface area contributed by atoms with Crippen molar-refractivity contribution in [2.45, 2.75) is 50.6 Å². The molecule has 12 heteroatoms. The normalized spacial score (nSPS) is 16.1. The number of likely N-dealkylation sites (tertiary alicyclic amines) is 1. The third-order valence-corrected chi connectivity index (χ3v) is 10.5. The fourth-order valence-corrected chi connectivity index (χ4v) is 7.77. The van der Waals surface area contributed by atoms with Crippen LogP contribution in [0.3, 0.4) is 0 Å². The predicted octanol–water partition coefficient (Wildman–Crippen LogP) is 3.29. The van der Waals surface area contributed by atoms with Crippen LogP contribution in [0.4, 0.5) is 5.00 Å². The third-order valence-electron chi connectivity index (χ3n) is 7.49. The highest BCUT2D eigenvalue weighted by molar-refractivity contribution is 7.89. The number of thiophene rings is 1. The maximum atomic E-state index is 13.6. The fourth-order valence-electron chi connectivity index (χ4n) is 5.10. The van der Waals surface area contributed by atoms with Crippen LogP contribution in [-0.4, -0.2) is 101 Å². The van der Waals surface area contributed by atoms with Gasteiger partial charge in [-0.3, -0.25) is 14.5 Å². The molecule has 3 heterocycles. The minimum absolute atomic E-state index is 0.0167. The van der Waals surface area contributed by atoms with Gasteiger partial charge in [-0.05, 0) is 62.9 Å². The second-order valence-corrected chi connectivity index (χ2v) is 13.4. The summed E-state index contributed by atoms with van der Waals surface area (Å²) in [5, 5.41) is 3.56. The highest BCUT2D eigenvalue weighted by Gasteiger charge is 2.32. The number of rotatable bonds is 12. The monoisotopic (exact) mass is 592 g/mol. The minimum atomic E-state index is -3.80. The SMILES string of the molecule is COCCN(CCOC)S(=O)(=O)c1ccc(C(=O)Nc2sc3c(c2C(=O)N2CCCC2)CCN(C(C)C)C3)cc1. The van der Waals surface area contributed by atoms with E-state index in [4.69, 9.17) is 9.47 Å². The van der Waals surface area contributed by atoms with Crippen LogP contribution in [0, 0.1) is 0 Å². The Morgan fingerprint density at radius 3 is 2.23 bits per heavy atom. The topological polar surface area (TPSA) is 108 Å². The molecule has 1 aromatic heterocycles. The number of methoxy groups -OCH3 is 2. The van der Waals surface area contributed by atoms with Crippen LogP contribution >= 0.6 is 11.3 Å². The number of fused-ring (bicyclic) bond motifs is 1. The number of nitrogens with one attached hydrogen (secondary N) is 1.